The lowest BCUT2D eigenvalue weighted by molar-refractivity contribution is 0.398. The normalized spacial score (nSPS) is 10.0. The van der Waals surface area contributed by atoms with Gasteiger partial charge in [0.05, 0.1) is 7.11 Å². The average Bonchev–Trinajstić information content (AvgIpc) is 2.39. The van der Waals surface area contributed by atoms with Gasteiger partial charge in [-0.05, 0) is 17.7 Å². The monoisotopic (exact) mass is 248 g/mol. The Labute approximate surface area is 105 Å². The third-order valence-electron chi connectivity index (χ3n) is 2.38. The molecule has 4 heteroatoms. The van der Waals surface area contributed by atoms with Gasteiger partial charge in [0.2, 0.25) is 5.88 Å². The third kappa shape index (κ3) is 2.88. The van der Waals surface area contributed by atoms with Crippen molar-refractivity contribution in [3.8, 4) is 5.88 Å². The molecule has 0 radical (unpaired) electrons. The lowest BCUT2D eigenvalue weighted by Crippen LogP contribution is -1.95. The van der Waals surface area contributed by atoms with Crippen molar-refractivity contribution in [2.24, 2.45) is 0 Å². The second-order valence-electron chi connectivity index (χ2n) is 3.50. The zero-order valence-electron chi connectivity index (χ0n) is 9.48. The summed E-state index contributed by atoms with van der Waals surface area (Å²) in [5, 5.41) is 3.29. The summed E-state index contributed by atoms with van der Waals surface area (Å²) in [5.41, 5.74) is 2.98. The van der Waals surface area contributed by atoms with E-state index in [9.17, 15) is 0 Å². The average molecular weight is 249 g/mol. The summed E-state index contributed by atoms with van der Waals surface area (Å²) in [7, 11) is 1.60. The topological polar surface area (TPSA) is 34.1 Å². The molecule has 1 heterocycles. The number of benzene rings is 1. The Hall–Kier alpha value is -1.74. The van der Waals surface area contributed by atoms with E-state index < -0.39 is 0 Å². The number of alkyl halides is 1. The van der Waals surface area contributed by atoms with Crippen LogP contribution in [-0.2, 0) is 5.88 Å². The number of hydrogen-bond acceptors (Lipinski definition) is 3. The molecule has 0 aliphatic heterocycles. The van der Waals surface area contributed by atoms with Crippen LogP contribution in [-0.4, -0.2) is 12.1 Å². The second-order valence-corrected chi connectivity index (χ2v) is 3.77. The Bertz CT molecular complexity index is 502. The van der Waals surface area contributed by atoms with E-state index in [0.717, 1.165) is 16.9 Å². The van der Waals surface area contributed by atoms with Gasteiger partial charge in [-0.25, -0.2) is 4.98 Å². The van der Waals surface area contributed by atoms with Gasteiger partial charge < -0.3 is 10.1 Å². The van der Waals surface area contributed by atoms with Crippen LogP contribution in [0.1, 0.15) is 5.56 Å². The molecule has 2 rings (SSSR count). The molecule has 0 saturated carbocycles. The maximum absolute atomic E-state index is 5.88. The summed E-state index contributed by atoms with van der Waals surface area (Å²) in [5.74, 6) is 1.06. The molecule has 0 aliphatic carbocycles. The van der Waals surface area contributed by atoms with E-state index in [0.29, 0.717) is 11.8 Å². The van der Waals surface area contributed by atoms with Crippen molar-refractivity contribution in [3.05, 3.63) is 48.2 Å². The molecule has 0 spiro atoms. The van der Waals surface area contributed by atoms with Crippen LogP contribution < -0.4 is 10.1 Å². The molecule has 17 heavy (non-hydrogen) atoms. The van der Waals surface area contributed by atoms with E-state index in [4.69, 9.17) is 16.3 Å². The zero-order chi connectivity index (χ0) is 12.1. The number of aromatic nitrogens is 1. The molecule has 0 unspecified atom stereocenters. The summed E-state index contributed by atoms with van der Waals surface area (Å²) in [6.45, 7) is 0. The molecule has 2 aromatic rings. The van der Waals surface area contributed by atoms with Gasteiger partial charge in [0, 0.05) is 29.5 Å². The molecular formula is C13H13ClN2O. The largest absolute Gasteiger partial charge is 0.481 e. The first-order valence-corrected chi connectivity index (χ1v) is 5.78. The summed E-state index contributed by atoms with van der Waals surface area (Å²) in [6.07, 6.45) is 1.70. The highest BCUT2D eigenvalue weighted by atomic mass is 35.5. The number of nitrogens with zero attached hydrogens (tertiary/aromatic N) is 1. The highest BCUT2D eigenvalue weighted by Gasteiger charge is 2.02. The summed E-state index contributed by atoms with van der Waals surface area (Å²) in [4.78, 5) is 4.05. The number of pyridine rings is 1. The molecule has 1 aromatic heterocycles. The molecule has 0 aliphatic rings. The van der Waals surface area contributed by atoms with Crippen LogP contribution in [0, 0.1) is 0 Å². The summed E-state index contributed by atoms with van der Waals surface area (Å²) < 4.78 is 5.07. The molecule has 88 valence electrons. The second kappa shape index (κ2) is 5.55. The Balaban J connectivity index is 2.24. The molecule has 0 saturated heterocycles. The van der Waals surface area contributed by atoms with Gasteiger partial charge >= 0.3 is 0 Å². The minimum absolute atomic E-state index is 0.478. The zero-order valence-corrected chi connectivity index (χ0v) is 10.2. The van der Waals surface area contributed by atoms with Gasteiger partial charge in [-0.2, -0.15) is 0 Å². The number of rotatable bonds is 4. The van der Waals surface area contributed by atoms with E-state index in [2.05, 4.69) is 10.3 Å². The predicted octanol–water partition coefficient (Wildman–Crippen LogP) is 3.57. The minimum atomic E-state index is 0.478. The molecule has 0 amide bonds. The van der Waals surface area contributed by atoms with Crippen LogP contribution in [0.4, 0.5) is 11.4 Å². The number of ether oxygens (including phenoxy) is 1. The quantitative estimate of drug-likeness (QED) is 0.840. The first kappa shape index (κ1) is 11.7. The molecule has 3 nitrogen and oxygen atoms in total. The van der Waals surface area contributed by atoms with Crippen molar-refractivity contribution in [2.45, 2.75) is 5.88 Å². The van der Waals surface area contributed by atoms with Crippen molar-refractivity contribution >= 4 is 23.0 Å². The smallest absolute Gasteiger partial charge is 0.214 e. The Morgan fingerprint density at radius 3 is 2.88 bits per heavy atom. The van der Waals surface area contributed by atoms with Crippen LogP contribution in [0.3, 0.4) is 0 Å². The highest BCUT2D eigenvalue weighted by molar-refractivity contribution is 6.17. The fourth-order valence-electron chi connectivity index (χ4n) is 1.51. The van der Waals surface area contributed by atoms with Gasteiger partial charge in [0.25, 0.3) is 0 Å². The minimum Gasteiger partial charge on any atom is -0.481 e. The van der Waals surface area contributed by atoms with Crippen molar-refractivity contribution in [3.63, 3.8) is 0 Å². The predicted molar refractivity (Wildman–Crippen MR) is 70.1 cm³/mol. The standard InChI is InChI=1S/C13H13ClN2O/c1-17-13-8-11(6-7-15-13)16-12-5-3-2-4-10(12)9-14/h2-8H,9H2,1H3,(H,15,16). The maximum atomic E-state index is 5.88. The van der Waals surface area contributed by atoms with Crippen LogP contribution >= 0.6 is 11.6 Å². The van der Waals surface area contributed by atoms with E-state index in [-0.39, 0.29) is 0 Å². The van der Waals surface area contributed by atoms with Crippen molar-refractivity contribution in [1.82, 2.24) is 4.98 Å². The number of hydrogen-bond donors (Lipinski definition) is 1. The van der Waals surface area contributed by atoms with Crippen LogP contribution in [0.5, 0.6) is 5.88 Å². The van der Waals surface area contributed by atoms with E-state index in [1.54, 1.807) is 13.3 Å². The van der Waals surface area contributed by atoms with Crippen molar-refractivity contribution in [1.29, 1.82) is 0 Å². The van der Waals surface area contributed by atoms with Gasteiger partial charge in [-0.3, -0.25) is 0 Å². The first-order valence-electron chi connectivity index (χ1n) is 5.24. The molecule has 1 aromatic carbocycles. The molecule has 1 N–H and O–H groups in total. The Morgan fingerprint density at radius 1 is 1.29 bits per heavy atom. The summed E-state index contributed by atoms with van der Waals surface area (Å²) >= 11 is 5.88. The Morgan fingerprint density at radius 2 is 2.12 bits per heavy atom. The van der Waals surface area contributed by atoms with Gasteiger partial charge in [-0.15, -0.1) is 11.6 Å². The number of methoxy groups -OCH3 is 1. The van der Waals surface area contributed by atoms with Crippen LogP contribution in [0.25, 0.3) is 0 Å². The molecule has 0 fully saturated rings. The highest BCUT2D eigenvalue weighted by Crippen LogP contribution is 2.23. The lowest BCUT2D eigenvalue weighted by Gasteiger charge is -2.10. The number of halogens is 1. The number of nitrogens with one attached hydrogen (secondary N) is 1. The van der Waals surface area contributed by atoms with E-state index >= 15 is 0 Å². The fourth-order valence-corrected chi connectivity index (χ4v) is 1.75. The first-order chi connectivity index (χ1) is 8.33. The number of para-hydroxylation sites is 1. The molecule has 0 atom stereocenters. The van der Waals surface area contributed by atoms with Gasteiger partial charge in [0.15, 0.2) is 0 Å². The van der Waals surface area contributed by atoms with E-state index in [1.807, 2.05) is 36.4 Å². The van der Waals surface area contributed by atoms with Crippen LogP contribution in [0.2, 0.25) is 0 Å². The van der Waals surface area contributed by atoms with Gasteiger partial charge in [-0.1, -0.05) is 18.2 Å². The van der Waals surface area contributed by atoms with Crippen molar-refractivity contribution < 1.29 is 4.74 Å². The Kier molecular flexibility index (Phi) is 3.83. The number of anilines is 2. The van der Waals surface area contributed by atoms with Crippen molar-refractivity contribution in [2.75, 3.05) is 12.4 Å². The summed E-state index contributed by atoms with van der Waals surface area (Å²) in [6, 6.07) is 11.6. The van der Waals surface area contributed by atoms with E-state index in [1.165, 1.54) is 0 Å². The molecule has 0 bridgehead atoms. The fraction of sp³-hybridized carbons (Fsp3) is 0.154. The maximum Gasteiger partial charge on any atom is 0.214 e. The van der Waals surface area contributed by atoms with Gasteiger partial charge in [0.1, 0.15) is 0 Å². The molecular weight excluding hydrogens is 236 g/mol. The van der Waals surface area contributed by atoms with Crippen LogP contribution in [0.15, 0.2) is 42.6 Å². The third-order valence-corrected chi connectivity index (χ3v) is 2.67. The SMILES string of the molecule is COc1cc(Nc2ccccc2CCl)ccn1. The lowest BCUT2D eigenvalue weighted by atomic mass is 10.2.